The fourth-order valence-corrected chi connectivity index (χ4v) is 2.84. The van der Waals surface area contributed by atoms with Crippen molar-refractivity contribution in [1.29, 1.82) is 0 Å². The number of hydrogen-bond donors (Lipinski definition) is 1. The SMILES string of the molecule is CC1CNC(c2ccc(Cl)cc2F)S1. The Hall–Kier alpha value is -0.250. The molecule has 1 aliphatic heterocycles. The van der Waals surface area contributed by atoms with Gasteiger partial charge >= 0.3 is 0 Å². The Morgan fingerprint density at radius 2 is 2.36 bits per heavy atom. The van der Waals surface area contributed by atoms with Gasteiger partial charge in [-0.2, -0.15) is 0 Å². The van der Waals surface area contributed by atoms with E-state index >= 15 is 0 Å². The van der Waals surface area contributed by atoms with Crippen LogP contribution in [-0.4, -0.2) is 11.8 Å². The van der Waals surface area contributed by atoms with Gasteiger partial charge in [-0.25, -0.2) is 4.39 Å². The molecule has 1 nitrogen and oxygen atoms in total. The van der Waals surface area contributed by atoms with E-state index in [1.165, 1.54) is 6.07 Å². The standard InChI is InChI=1S/C10H11ClFNS/c1-6-5-13-10(14-6)8-3-2-7(11)4-9(8)12/h2-4,6,10,13H,5H2,1H3. The molecule has 1 fully saturated rings. The highest BCUT2D eigenvalue weighted by molar-refractivity contribution is 8.00. The van der Waals surface area contributed by atoms with Gasteiger partial charge in [-0.3, -0.25) is 0 Å². The van der Waals surface area contributed by atoms with E-state index in [2.05, 4.69) is 12.2 Å². The van der Waals surface area contributed by atoms with E-state index in [-0.39, 0.29) is 11.2 Å². The summed E-state index contributed by atoms with van der Waals surface area (Å²) in [5.74, 6) is -0.225. The average Bonchev–Trinajstić information content (AvgIpc) is 2.51. The molecule has 1 saturated heterocycles. The first-order valence-electron chi connectivity index (χ1n) is 4.50. The molecule has 2 rings (SSSR count). The highest BCUT2D eigenvalue weighted by Gasteiger charge is 2.24. The predicted octanol–water partition coefficient (Wildman–Crippen LogP) is 3.20. The second-order valence-electron chi connectivity index (χ2n) is 3.40. The molecule has 0 saturated carbocycles. The molecular weight excluding hydrogens is 221 g/mol. The van der Waals surface area contributed by atoms with Gasteiger partial charge in [0.2, 0.25) is 0 Å². The van der Waals surface area contributed by atoms with E-state index < -0.39 is 0 Å². The van der Waals surface area contributed by atoms with Crippen LogP contribution in [0.4, 0.5) is 4.39 Å². The summed E-state index contributed by atoms with van der Waals surface area (Å²) in [7, 11) is 0. The molecule has 0 amide bonds. The molecule has 0 radical (unpaired) electrons. The molecular formula is C10H11ClFNS. The van der Waals surface area contributed by atoms with E-state index in [1.807, 2.05) is 0 Å². The molecule has 1 heterocycles. The number of hydrogen-bond acceptors (Lipinski definition) is 2. The van der Waals surface area contributed by atoms with Crippen LogP contribution in [0.15, 0.2) is 18.2 Å². The van der Waals surface area contributed by atoms with Crippen LogP contribution < -0.4 is 5.32 Å². The fraction of sp³-hybridized carbons (Fsp3) is 0.400. The Balaban J connectivity index is 2.24. The molecule has 4 heteroatoms. The van der Waals surface area contributed by atoms with Crippen LogP contribution in [0.3, 0.4) is 0 Å². The van der Waals surface area contributed by atoms with Gasteiger partial charge in [0.25, 0.3) is 0 Å². The van der Waals surface area contributed by atoms with Crippen LogP contribution in [0, 0.1) is 5.82 Å². The molecule has 0 aliphatic carbocycles. The van der Waals surface area contributed by atoms with Gasteiger partial charge in [0.05, 0.1) is 5.37 Å². The van der Waals surface area contributed by atoms with Crippen LogP contribution in [-0.2, 0) is 0 Å². The van der Waals surface area contributed by atoms with Crippen LogP contribution in [0.25, 0.3) is 0 Å². The maximum absolute atomic E-state index is 13.5. The molecule has 0 bridgehead atoms. The maximum atomic E-state index is 13.5. The molecule has 1 aliphatic rings. The fourth-order valence-electron chi connectivity index (χ4n) is 1.50. The third kappa shape index (κ3) is 2.05. The van der Waals surface area contributed by atoms with E-state index in [9.17, 15) is 4.39 Å². The summed E-state index contributed by atoms with van der Waals surface area (Å²) in [5, 5.41) is 4.32. The minimum atomic E-state index is -0.225. The Morgan fingerprint density at radius 3 is 2.93 bits per heavy atom. The number of benzene rings is 1. The summed E-state index contributed by atoms with van der Waals surface area (Å²) in [6, 6.07) is 4.84. The zero-order chi connectivity index (χ0) is 10.1. The number of rotatable bonds is 1. The van der Waals surface area contributed by atoms with Gasteiger partial charge in [0, 0.05) is 22.4 Å². The average molecular weight is 232 g/mol. The molecule has 0 aromatic heterocycles. The largest absolute Gasteiger partial charge is 0.300 e. The monoisotopic (exact) mass is 231 g/mol. The van der Waals surface area contributed by atoms with E-state index in [0.717, 1.165) is 6.54 Å². The van der Waals surface area contributed by atoms with E-state index in [1.54, 1.807) is 23.9 Å². The Labute approximate surface area is 92.0 Å². The molecule has 1 aromatic rings. The van der Waals surface area contributed by atoms with Crippen LogP contribution >= 0.6 is 23.4 Å². The second-order valence-corrected chi connectivity index (χ2v) is 5.39. The summed E-state index contributed by atoms with van der Waals surface area (Å²) in [5.41, 5.74) is 0.698. The van der Waals surface area contributed by atoms with Crippen LogP contribution in [0.2, 0.25) is 5.02 Å². The van der Waals surface area contributed by atoms with Crippen molar-refractivity contribution in [3.05, 3.63) is 34.6 Å². The van der Waals surface area contributed by atoms with Crippen LogP contribution in [0.5, 0.6) is 0 Å². The lowest BCUT2D eigenvalue weighted by atomic mass is 10.2. The van der Waals surface area contributed by atoms with Crippen molar-refractivity contribution >= 4 is 23.4 Å². The lowest BCUT2D eigenvalue weighted by Crippen LogP contribution is -2.14. The summed E-state index contributed by atoms with van der Waals surface area (Å²) in [6.45, 7) is 3.06. The molecule has 14 heavy (non-hydrogen) atoms. The van der Waals surface area contributed by atoms with Gasteiger partial charge < -0.3 is 5.32 Å². The highest BCUT2D eigenvalue weighted by Crippen LogP contribution is 2.36. The van der Waals surface area contributed by atoms with E-state index in [0.29, 0.717) is 15.8 Å². The first-order valence-corrected chi connectivity index (χ1v) is 5.82. The van der Waals surface area contributed by atoms with Gasteiger partial charge in [0.15, 0.2) is 0 Å². The number of halogens is 2. The Bertz CT molecular complexity index is 345. The third-order valence-corrected chi connectivity index (χ3v) is 3.76. The van der Waals surface area contributed by atoms with Crippen molar-refractivity contribution in [2.45, 2.75) is 17.5 Å². The first-order chi connectivity index (χ1) is 6.66. The lowest BCUT2D eigenvalue weighted by molar-refractivity contribution is 0.593. The van der Waals surface area contributed by atoms with Gasteiger partial charge in [-0.1, -0.05) is 24.6 Å². The predicted molar refractivity (Wildman–Crippen MR) is 59.2 cm³/mol. The minimum Gasteiger partial charge on any atom is -0.300 e. The summed E-state index contributed by atoms with van der Waals surface area (Å²) >= 11 is 7.43. The van der Waals surface area contributed by atoms with Crippen molar-refractivity contribution in [2.75, 3.05) is 6.54 Å². The third-order valence-electron chi connectivity index (χ3n) is 2.20. The maximum Gasteiger partial charge on any atom is 0.130 e. The quantitative estimate of drug-likeness (QED) is 0.797. The normalized spacial score (nSPS) is 26.8. The molecule has 1 aromatic carbocycles. The second kappa shape index (κ2) is 4.09. The van der Waals surface area contributed by atoms with Crippen molar-refractivity contribution in [3.63, 3.8) is 0 Å². The highest BCUT2D eigenvalue weighted by atomic mass is 35.5. The molecule has 2 atom stereocenters. The summed E-state index contributed by atoms with van der Waals surface area (Å²) < 4.78 is 13.5. The van der Waals surface area contributed by atoms with Gasteiger partial charge in [-0.15, -0.1) is 11.8 Å². The van der Waals surface area contributed by atoms with Gasteiger partial charge in [-0.05, 0) is 12.1 Å². The summed E-state index contributed by atoms with van der Waals surface area (Å²) in [6.07, 6.45) is 0. The Morgan fingerprint density at radius 1 is 1.57 bits per heavy atom. The zero-order valence-corrected chi connectivity index (χ0v) is 9.33. The smallest absolute Gasteiger partial charge is 0.130 e. The molecule has 1 N–H and O–H groups in total. The van der Waals surface area contributed by atoms with Gasteiger partial charge in [0.1, 0.15) is 5.82 Å². The van der Waals surface area contributed by atoms with Crippen molar-refractivity contribution < 1.29 is 4.39 Å². The Kier molecular flexibility index (Phi) is 3.00. The number of thioether (sulfide) groups is 1. The lowest BCUT2D eigenvalue weighted by Gasteiger charge is -2.11. The first kappa shape index (κ1) is 10.3. The topological polar surface area (TPSA) is 12.0 Å². The minimum absolute atomic E-state index is 0.0715. The number of nitrogens with one attached hydrogen (secondary N) is 1. The van der Waals surface area contributed by atoms with Crippen molar-refractivity contribution in [3.8, 4) is 0 Å². The molecule has 0 spiro atoms. The molecule has 2 unspecified atom stereocenters. The van der Waals surface area contributed by atoms with Crippen LogP contribution in [0.1, 0.15) is 17.9 Å². The summed E-state index contributed by atoms with van der Waals surface area (Å²) in [4.78, 5) is 0. The van der Waals surface area contributed by atoms with E-state index in [4.69, 9.17) is 11.6 Å². The van der Waals surface area contributed by atoms with Crippen molar-refractivity contribution in [2.24, 2.45) is 0 Å². The zero-order valence-electron chi connectivity index (χ0n) is 7.76. The van der Waals surface area contributed by atoms with Crippen molar-refractivity contribution in [1.82, 2.24) is 5.32 Å². The molecule has 76 valence electrons.